The lowest BCUT2D eigenvalue weighted by Crippen LogP contribution is -2.15. The summed E-state index contributed by atoms with van der Waals surface area (Å²) in [7, 11) is 0. The Balaban J connectivity index is 2.56. The number of aromatic hydroxyl groups is 1. The Kier molecular flexibility index (Phi) is 6.11. The average Bonchev–Trinajstić information content (AvgIpc) is 2.31. The summed E-state index contributed by atoms with van der Waals surface area (Å²) in [5.41, 5.74) is 0.205. The van der Waals surface area contributed by atoms with Crippen molar-refractivity contribution in [3.63, 3.8) is 0 Å². The van der Waals surface area contributed by atoms with Crippen LogP contribution in [0, 0.1) is 0 Å². The Morgan fingerprint density at radius 3 is 2.59 bits per heavy atom. The van der Waals surface area contributed by atoms with Gasteiger partial charge in [0.25, 0.3) is 5.56 Å². The minimum Gasteiger partial charge on any atom is -0.493 e. The number of thioether (sulfide) groups is 1. The Labute approximate surface area is 106 Å². The van der Waals surface area contributed by atoms with E-state index in [1.54, 1.807) is 0 Å². The fraction of sp³-hybridized carbons (Fsp3) is 0.667. The molecule has 2 N–H and O–H groups in total. The van der Waals surface area contributed by atoms with Crippen LogP contribution in [-0.2, 0) is 6.42 Å². The van der Waals surface area contributed by atoms with Gasteiger partial charge in [0.2, 0.25) is 5.88 Å². The van der Waals surface area contributed by atoms with Crippen molar-refractivity contribution < 1.29 is 5.11 Å². The van der Waals surface area contributed by atoms with Crippen LogP contribution >= 0.6 is 11.8 Å². The molecule has 0 saturated heterocycles. The first-order chi connectivity index (χ1) is 8.19. The molecule has 5 heteroatoms. The number of rotatable bonds is 7. The molecule has 0 radical (unpaired) electrons. The zero-order valence-electron chi connectivity index (χ0n) is 10.5. The molecule has 0 aliphatic carbocycles. The molecule has 1 rings (SSSR count). The van der Waals surface area contributed by atoms with E-state index in [9.17, 15) is 9.90 Å². The van der Waals surface area contributed by atoms with E-state index in [1.165, 1.54) is 31.0 Å². The molecule has 0 aliphatic heterocycles. The maximum absolute atomic E-state index is 11.7. The van der Waals surface area contributed by atoms with Crippen molar-refractivity contribution in [1.29, 1.82) is 0 Å². The second-order valence-electron chi connectivity index (χ2n) is 4.04. The number of H-pyrrole nitrogens is 1. The average molecular weight is 256 g/mol. The molecule has 0 saturated carbocycles. The van der Waals surface area contributed by atoms with Gasteiger partial charge in [-0.1, -0.05) is 44.4 Å². The second kappa shape index (κ2) is 7.37. The smallest absolute Gasteiger partial charge is 0.258 e. The van der Waals surface area contributed by atoms with Gasteiger partial charge in [0.1, 0.15) is 0 Å². The number of nitrogens with one attached hydrogen (secondary N) is 1. The highest BCUT2D eigenvalue weighted by atomic mass is 32.2. The van der Waals surface area contributed by atoms with Crippen LogP contribution in [0.1, 0.15) is 44.6 Å². The van der Waals surface area contributed by atoms with Crippen molar-refractivity contribution >= 4 is 11.8 Å². The van der Waals surface area contributed by atoms with Crippen LogP contribution in [0.3, 0.4) is 0 Å². The highest BCUT2D eigenvalue weighted by Crippen LogP contribution is 2.16. The van der Waals surface area contributed by atoms with Crippen molar-refractivity contribution in [3.8, 4) is 5.88 Å². The van der Waals surface area contributed by atoms with Crippen LogP contribution in [0.5, 0.6) is 5.88 Å². The lowest BCUT2D eigenvalue weighted by molar-refractivity contribution is 0.434. The summed E-state index contributed by atoms with van der Waals surface area (Å²) in [5.74, 6) is -0.117. The van der Waals surface area contributed by atoms with Crippen molar-refractivity contribution in [2.24, 2.45) is 0 Å². The van der Waals surface area contributed by atoms with Crippen molar-refractivity contribution in [1.82, 2.24) is 9.97 Å². The summed E-state index contributed by atoms with van der Waals surface area (Å²) in [6.07, 6.45) is 8.05. The van der Waals surface area contributed by atoms with Gasteiger partial charge in [-0.25, -0.2) is 0 Å². The molecule has 1 heterocycles. The number of unbranched alkanes of at least 4 members (excludes halogenated alkanes) is 4. The van der Waals surface area contributed by atoms with E-state index >= 15 is 0 Å². The fourth-order valence-electron chi connectivity index (χ4n) is 1.69. The minimum atomic E-state index is -0.211. The topological polar surface area (TPSA) is 66.0 Å². The standard InChI is InChI=1S/C12H20N2O2S/c1-3-4-5-6-7-8-9-10(15)13-12(17-2)14-11(9)16/h3-8H2,1-2H3,(H2,13,14,15,16). The van der Waals surface area contributed by atoms with Gasteiger partial charge in [0, 0.05) is 0 Å². The predicted molar refractivity (Wildman–Crippen MR) is 70.8 cm³/mol. The van der Waals surface area contributed by atoms with E-state index in [2.05, 4.69) is 16.9 Å². The summed E-state index contributed by atoms with van der Waals surface area (Å²) < 4.78 is 0. The van der Waals surface area contributed by atoms with Gasteiger partial charge in [-0.2, -0.15) is 4.98 Å². The monoisotopic (exact) mass is 256 g/mol. The summed E-state index contributed by atoms with van der Waals surface area (Å²) in [6.45, 7) is 2.17. The number of aromatic nitrogens is 2. The van der Waals surface area contributed by atoms with Crippen LogP contribution in [0.15, 0.2) is 9.95 Å². The molecule has 96 valence electrons. The van der Waals surface area contributed by atoms with E-state index in [1.807, 2.05) is 6.26 Å². The first kappa shape index (κ1) is 14.1. The fourth-order valence-corrected chi connectivity index (χ4v) is 2.07. The van der Waals surface area contributed by atoms with E-state index in [0.717, 1.165) is 12.8 Å². The zero-order chi connectivity index (χ0) is 12.7. The van der Waals surface area contributed by atoms with Crippen LogP contribution in [0.4, 0.5) is 0 Å². The minimum absolute atomic E-state index is 0.117. The number of hydrogen-bond donors (Lipinski definition) is 2. The second-order valence-corrected chi connectivity index (χ2v) is 4.84. The van der Waals surface area contributed by atoms with Gasteiger partial charge in [-0.15, -0.1) is 0 Å². The lowest BCUT2D eigenvalue weighted by atomic mass is 10.1. The number of aromatic amines is 1. The quantitative estimate of drug-likeness (QED) is 0.447. The Morgan fingerprint density at radius 2 is 2.00 bits per heavy atom. The first-order valence-electron chi connectivity index (χ1n) is 6.05. The molecule has 0 amide bonds. The van der Waals surface area contributed by atoms with Crippen LogP contribution < -0.4 is 5.56 Å². The van der Waals surface area contributed by atoms with E-state index in [-0.39, 0.29) is 11.4 Å². The van der Waals surface area contributed by atoms with Gasteiger partial charge in [0.05, 0.1) is 5.56 Å². The van der Waals surface area contributed by atoms with E-state index in [4.69, 9.17) is 0 Å². The molecule has 0 atom stereocenters. The molecule has 1 aromatic heterocycles. The van der Waals surface area contributed by atoms with Gasteiger partial charge < -0.3 is 10.1 Å². The molecule has 0 spiro atoms. The van der Waals surface area contributed by atoms with Gasteiger partial charge in [0.15, 0.2) is 5.16 Å². The largest absolute Gasteiger partial charge is 0.493 e. The first-order valence-corrected chi connectivity index (χ1v) is 7.27. The summed E-state index contributed by atoms with van der Waals surface area (Å²) in [5, 5.41) is 10.1. The molecule has 4 nitrogen and oxygen atoms in total. The van der Waals surface area contributed by atoms with Gasteiger partial charge >= 0.3 is 0 Å². The van der Waals surface area contributed by atoms with E-state index in [0.29, 0.717) is 17.1 Å². The third-order valence-electron chi connectivity index (χ3n) is 2.70. The summed E-state index contributed by atoms with van der Waals surface area (Å²) in [4.78, 5) is 18.3. The molecule has 0 aromatic carbocycles. The maximum atomic E-state index is 11.7. The van der Waals surface area contributed by atoms with Crippen molar-refractivity contribution in [2.75, 3.05) is 6.26 Å². The maximum Gasteiger partial charge on any atom is 0.258 e. The van der Waals surface area contributed by atoms with Crippen molar-refractivity contribution in [3.05, 3.63) is 15.9 Å². The molecule has 0 bridgehead atoms. The third-order valence-corrected chi connectivity index (χ3v) is 3.28. The van der Waals surface area contributed by atoms with Crippen molar-refractivity contribution in [2.45, 2.75) is 50.6 Å². The Hall–Kier alpha value is -0.970. The molecule has 0 unspecified atom stereocenters. The normalized spacial score (nSPS) is 10.7. The Bertz CT molecular complexity index is 404. The lowest BCUT2D eigenvalue weighted by Gasteiger charge is -2.04. The molecule has 0 fully saturated rings. The van der Waals surface area contributed by atoms with Gasteiger partial charge in [-0.05, 0) is 19.1 Å². The molecular weight excluding hydrogens is 236 g/mol. The molecule has 0 aliphatic rings. The number of hydrogen-bond acceptors (Lipinski definition) is 4. The molecule has 17 heavy (non-hydrogen) atoms. The van der Waals surface area contributed by atoms with Crippen LogP contribution in [0.2, 0.25) is 0 Å². The zero-order valence-corrected chi connectivity index (χ0v) is 11.3. The highest BCUT2D eigenvalue weighted by Gasteiger charge is 2.09. The predicted octanol–water partition coefficient (Wildman–Crippen LogP) is 2.71. The highest BCUT2D eigenvalue weighted by molar-refractivity contribution is 7.98. The number of nitrogens with zero attached hydrogens (tertiary/aromatic N) is 1. The van der Waals surface area contributed by atoms with E-state index < -0.39 is 0 Å². The Morgan fingerprint density at radius 1 is 1.29 bits per heavy atom. The van der Waals surface area contributed by atoms with Crippen LogP contribution in [0.25, 0.3) is 0 Å². The molecular formula is C12H20N2O2S. The SMILES string of the molecule is CCCCCCCc1c(O)nc(SC)[nH]c1=O. The van der Waals surface area contributed by atoms with Crippen LogP contribution in [-0.4, -0.2) is 21.3 Å². The summed E-state index contributed by atoms with van der Waals surface area (Å²) >= 11 is 1.31. The third kappa shape index (κ3) is 4.42. The van der Waals surface area contributed by atoms with Gasteiger partial charge in [-0.3, -0.25) is 4.79 Å². The molecule has 1 aromatic rings. The summed E-state index contributed by atoms with van der Waals surface area (Å²) in [6, 6.07) is 0.